The molecule has 1 aromatic carbocycles. The topological polar surface area (TPSA) is 58.6 Å². The molecule has 0 saturated heterocycles. The van der Waals surface area contributed by atoms with Crippen LogP contribution < -0.4 is 10.1 Å². The number of aliphatic hydroxyl groups is 1. The summed E-state index contributed by atoms with van der Waals surface area (Å²) in [4.78, 5) is 12.1. The highest BCUT2D eigenvalue weighted by Gasteiger charge is 2.19. The number of benzene rings is 1. The third kappa shape index (κ3) is 5.67. The second-order valence-electron chi connectivity index (χ2n) is 5.32. The van der Waals surface area contributed by atoms with Crippen LogP contribution in [0.5, 0.6) is 5.75 Å². The van der Waals surface area contributed by atoms with Crippen LogP contribution in [0.1, 0.15) is 52.2 Å². The molecule has 1 aromatic rings. The maximum Gasteiger partial charge on any atom is 0.260 e. The number of hydrogen-bond acceptors (Lipinski definition) is 3. The summed E-state index contributed by atoms with van der Waals surface area (Å²) in [6.45, 7) is 7.44. The van der Waals surface area contributed by atoms with E-state index in [4.69, 9.17) is 4.74 Å². The van der Waals surface area contributed by atoms with Gasteiger partial charge in [-0.05, 0) is 39.3 Å². The zero-order chi connectivity index (χ0) is 16.0. The van der Waals surface area contributed by atoms with Crippen molar-refractivity contribution in [2.45, 2.75) is 58.8 Å². The zero-order valence-electron chi connectivity index (χ0n) is 13.0. The number of nitrogens with one attached hydrogen (secondary N) is 1. The third-order valence-electron chi connectivity index (χ3n) is 3.21. The van der Waals surface area contributed by atoms with E-state index in [1.807, 2.05) is 13.0 Å². The minimum Gasteiger partial charge on any atom is -0.480 e. The molecule has 0 bridgehead atoms. The van der Waals surface area contributed by atoms with Crippen LogP contribution in [0.15, 0.2) is 22.7 Å². The molecule has 3 unspecified atom stereocenters. The number of halogens is 1. The molecule has 118 valence electrons. The molecule has 2 N–H and O–H groups in total. The molecule has 4 nitrogen and oxygen atoms in total. The molecule has 21 heavy (non-hydrogen) atoms. The SMILES string of the molecule is CCCC(C)NC(=O)C(C)Oc1cc(Br)ccc1C(C)O. The monoisotopic (exact) mass is 357 g/mol. The Morgan fingerprint density at radius 3 is 2.62 bits per heavy atom. The molecule has 0 aliphatic heterocycles. The van der Waals surface area contributed by atoms with Crippen LogP contribution in [0.25, 0.3) is 0 Å². The first kappa shape index (κ1) is 18.0. The quantitative estimate of drug-likeness (QED) is 0.783. The lowest BCUT2D eigenvalue weighted by Gasteiger charge is -2.20. The number of hydrogen-bond donors (Lipinski definition) is 2. The molecule has 5 heteroatoms. The van der Waals surface area contributed by atoms with Gasteiger partial charge in [-0.2, -0.15) is 0 Å². The molecule has 0 spiro atoms. The van der Waals surface area contributed by atoms with Gasteiger partial charge in [-0.1, -0.05) is 35.3 Å². The van der Waals surface area contributed by atoms with Crippen molar-refractivity contribution in [1.29, 1.82) is 0 Å². The van der Waals surface area contributed by atoms with Crippen LogP contribution in [-0.2, 0) is 4.79 Å². The Bertz CT molecular complexity index is 477. The molecule has 0 saturated carbocycles. The molecule has 0 aromatic heterocycles. The number of carbonyl (C=O) groups excluding carboxylic acids is 1. The maximum absolute atomic E-state index is 12.1. The number of rotatable bonds is 7. The summed E-state index contributed by atoms with van der Waals surface area (Å²) in [5.74, 6) is 0.373. The van der Waals surface area contributed by atoms with Crippen molar-refractivity contribution in [3.8, 4) is 5.75 Å². The summed E-state index contributed by atoms with van der Waals surface area (Å²) in [6.07, 6.45) is 0.696. The van der Waals surface area contributed by atoms with Gasteiger partial charge in [0.05, 0.1) is 6.10 Å². The van der Waals surface area contributed by atoms with E-state index in [0.29, 0.717) is 11.3 Å². The van der Waals surface area contributed by atoms with Gasteiger partial charge in [0.25, 0.3) is 5.91 Å². The zero-order valence-corrected chi connectivity index (χ0v) is 14.6. The molecule has 0 fully saturated rings. The van der Waals surface area contributed by atoms with Gasteiger partial charge >= 0.3 is 0 Å². The molecule has 0 radical (unpaired) electrons. The normalized spacial score (nSPS) is 15.1. The van der Waals surface area contributed by atoms with Gasteiger partial charge in [-0.25, -0.2) is 0 Å². The minimum atomic E-state index is -0.651. The van der Waals surface area contributed by atoms with Gasteiger partial charge in [0.2, 0.25) is 0 Å². The van der Waals surface area contributed by atoms with Crippen molar-refractivity contribution in [3.63, 3.8) is 0 Å². The van der Waals surface area contributed by atoms with Gasteiger partial charge in [0, 0.05) is 16.1 Å². The van der Waals surface area contributed by atoms with Gasteiger partial charge < -0.3 is 15.2 Å². The molecule has 0 aliphatic carbocycles. The van der Waals surface area contributed by atoms with Crippen molar-refractivity contribution in [2.24, 2.45) is 0 Å². The van der Waals surface area contributed by atoms with E-state index in [0.717, 1.165) is 17.3 Å². The van der Waals surface area contributed by atoms with Crippen LogP contribution in [0.4, 0.5) is 0 Å². The average Bonchev–Trinajstić information content (AvgIpc) is 2.38. The Kier molecular flexibility index (Phi) is 7.18. The van der Waals surface area contributed by atoms with Gasteiger partial charge in [0.15, 0.2) is 6.10 Å². The summed E-state index contributed by atoms with van der Waals surface area (Å²) in [5, 5.41) is 12.7. The maximum atomic E-state index is 12.1. The fourth-order valence-electron chi connectivity index (χ4n) is 2.06. The summed E-state index contributed by atoms with van der Waals surface area (Å²) >= 11 is 3.37. The van der Waals surface area contributed by atoms with Gasteiger partial charge in [-0.15, -0.1) is 0 Å². The molecule has 3 atom stereocenters. The first-order valence-electron chi connectivity index (χ1n) is 7.29. The lowest BCUT2D eigenvalue weighted by atomic mass is 10.1. The minimum absolute atomic E-state index is 0.132. The Hall–Kier alpha value is -1.07. The highest BCUT2D eigenvalue weighted by molar-refractivity contribution is 9.10. The van der Waals surface area contributed by atoms with Crippen molar-refractivity contribution in [1.82, 2.24) is 5.32 Å². The van der Waals surface area contributed by atoms with Gasteiger partial charge in [-0.3, -0.25) is 4.79 Å². The lowest BCUT2D eigenvalue weighted by Crippen LogP contribution is -2.41. The fourth-order valence-corrected chi connectivity index (χ4v) is 2.40. The molecule has 1 amide bonds. The van der Waals surface area contributed by atoms with Crippen LogP contribution in [0.3, 0.4) is 0 Å². The summed E-state index contributed by atoms with van der Waals surface area (Å²) < 4.78 is 6.57. The second kappa shape index (κ2) is 8.39. The van der Waals surface area contributed by atoms with E-state index in [-0.39, 0.29) is 11.9 Å². The van der Waals surface area contributed by atoms with E-state index >= 15 is 0 Å². The van der Waals surface area contributed by atoms with E-state index in [1.165, 1.54) is 0 Å². The Labute approximate surface area is 135 Å². The van der Waals surface area contributed by atoms with Crippen LogP contribution >= 0.6 is 15.9 Å². The van der Waals surface area contributed by atoms with Crippen LogP contribution in [-0.4, -0.2) is 23.2 Å². The summed E-state index contributed by atoms with van der Waals surface area (Å²) in [7, 11) is 0. The molecule has 0 aliphatic rings. The molecule has 1 rings (SSSR count). The number of carbonyl (C=O) groups is 1. The van der Waals surface area contributed by atoms with Crippen molar-refractivity contribution in [3.05, 3.63) is 28.2 Å². The number of amides is 1. The molecular weight excluding hydrogens is 334 g/mol. The van der Waals surface area contributed by atoms with E-state index < -0.39 is 12.2 Å². The van der Waals surface area contributed by atoms with Crippen LogP contribution in [0, 0.1) is 0 Å². The van der Waals surface area contributed by atoms with Crippen LogP contribution in [0.2, 0.25) is 0 Å². The largest absolute Gasteiger partial charge is 0.480 e. The average molecular weight is 358 g/mol. The van der Waals surface area contributed by atoms with E-state index in [9.17, 15) is 9.90 Å². The fraction of sp³-hybridized carbons (Fsp3) is 0.562. The van der Waals surface area contributed by atoms with E-state index in [2.05, 4.69) is 28.2 Å². The van der Waals surface area contributed by atoms with Gasteiger partial charge in [0.1, 0.15) is 5.75 Å². The third-order valence-corrected chi connectivity index (χ3v) is 3.70. The highest BCUT2D eigenvalue weighted by Crippen LogP contribution is 2.29. The predicted molar refractivity (Wildman–Crippen MR) is 87.4 cm³/mol. The molecular formula is C16H24BrNO3. The molecule has 0 heterocycles. The first-order chi connectivity index (χ1) is 9.85. The van der Waals surface area contributed by atoms with Crippen molar-refractivity contribution < 1.29 is 14.6 Å². The first-order valence-corrected chi connectivity index (χ1v) is 8.09. The Morgan fingerprint density at radius 1 is 1.38 bits per heavy atom. The Balaban J connectivity index is 2.76. The van der Waals surface area contributed by atoms with Crippen molar-refractivity contribution in [2.75, 3.05) is 0 Å². The predicted octanol–water partition coefficient (Wildman–Crippen LogP) is 3.57. The smallest absolute Gasteiger partial charge is 0.260 e. The van der Waals surface area contributed by atoms with Crippen molar-refractivity contribution >= 4 is 21.8 Å². The number of aliphatic hydroxyl groups excluding tert-OH is 1. The highest BCUT2D eigenvalue weighted by atomic mass is 79.9. The Morgan fingerprint density at radius 2 is 2.05 bits per heavy atom. The standard InChI is InChI=1S/C16H24BrNO3/c1-5-6-10(2)18-16(20)12(4)21-15-9-13(17)7-8-14(15)11(3)19/h7-12,19H,5-6H2,1-4H3,(H,18,20). The lowest BCUT2D eigenvalue weighted by molar-refractivity contribution is -0.128. The van der Waals surface area contributed by atoms with E-state index in [1.54, 1.807) is 26.0 Å². The number of ether oxygens (including phenoxy) is 1. The summed E-state index contributed by atoms with van der Waals surface area (Å²) in [5.41, 5.74) is 0.666. The second-order valence-corrected chi connectivity index (χ2v) is 6.23. The summed E-state index contributed by atoms with van der Waals surface area (Å²) in [6, 6.07) is 5.52.